The molecule has 31 heavy (non-hydrogen) atoms. The summed E-state index contributed by atoms with van der Waals surface area (Å²) in [7, 11) is 0. The number of carbonyl (C=O) groups excluding carboxylic acids is 2. The smallest absolute Gasteiger partial charge is 0.253 e. The topological polar surface area (TPSA) is 76.7 Å². The molecule has 2 amide bonds. The molecule has 0 spiro atoms. The lowest BCUT2D eigenvalue weighted by molar-refractivity contribution is -0.113. The molecule has 3 aromatic rings. The van der Waals surface area contributed by atoms with Crippen molar-refractivity contribution in [1.82, 2.24) is 5.32 Å². The molecule has 158 valence electrons. The molecule has 1 aliphatic heterocycles. The number of rotatable bonds is 8. The van der Waals surface area contributed by atoms with E-state index in [1.54, 1.807) is 24.3 Å². The van der Waals surface area contributed by atoms with E-state index in [-0.39, 0.29) is 18.6 Å². The number of hydrogen-bond donors (Lipinski definition) is 2. The van der Waals surface area contributed by atoms with Crippen molar-refractivity contribution < 1.29 is 19.1 Å². The maximum Gasteiger partial charge on any atom is 0.253 e. The zero-order valence-electron chi connectivity index (χ0n) is 16.8. The number of thioether (sulfide) groups is 1. The van der Waals surface area contributed by atoms with E-state index in [9.17, 15) is 9.59 Å². The van der Waals surface area contributed by atoms with E-state index < -0.39 is 0 Å². The van der Waals surface area contributed by atoms with Crippen LogP contribution in [0.3, 0.4) is 0 Å². The molecule has 0 saturated heterocycles. The summed E-state index contributed by atoms with van der Waals surface area (Å²) < 4.78 is 10.7. The lowest BCUT2D eigenvalue weighted by Gasteiger charge is -2.12. The Hall–Kier alpha value is -3.45. The number of ether oxygens (including phenoxy) is 2. The molecule has 0 radical (unpaired) electrons. The molecule has 0 atom stereocenters. The fourth-order valence-corrected chi connectivity index (χ4v) is 3.93. The minimum atomic E-state index is -0.259. The molecule has 2 N–H and O–H groups in total. The normalized spacial score (nSPS) is 11.7. The maximum atomic E-state index is 12.7. The van der Waals surface area contributed by atoms with Gasteiger partial charge in [-0.25, -0.2) is 0 Å². The molecule has 7 heteroatoms. The van der Waals surface area contributed by atoms with Gasteiger partial charge in [0.05, 0.1) is 17.0 Å². The van der Waals surface area contributed by atoms with Crippen LogP contribution in [0.1, 0.15) is 21.5 Å². The summed E-state index contributed by atoms with van der Waals surface area (Å²) >= 11 is 1.53. The Bertz CT molecular complexity index is 1070. The second-order valence-corrected chi connectivity index (χ2v) is 7.93. The van der Waals surface area contributed by atoms with Crippen molar-refractivity contribution in [3.8, 4) is 11.5 Å². The fraction of sp³-hybridized carbons (Fsp3) is 0.167. The van der Waals surface area contributed by atoms with Crippen LogP contribution in [0.5, 0.6) is 11.5 Å². The second kappa shape index (κ2) is 10.0. The predicted octanol–water partition coefficient (Wildman–Crippen LogP) is 4.22. The Balaban J connectivity index is 1.31. The number of anilines is 1. The van der Waals surface area contributed by atoms with Crippen LogP contribution in [0.2, 0.25) is 0 Å². The van der Waals surface area contributed by atoms with Crippen LogP contribution in [0, 0.1) is 0 Å². The zero-order valence-corrected chi connectivity index (χ0v) is 17.6. The van der Waals surface area contributed by atoms with Crippen LogP contribution in [-0.4, -0.2) is 24.4 Å². The van der Waals surface area contributed by atoms with E-state index >= 15 is 0 Å². The Morgan fingerprint density at radius 2 is 1.65 bits per heavy atom. The van der Waals surface area contributed by atoms with Crippen molar-refractivity contribution in [2.24, 2.45) is 0 Å². The first-order valence-electron chi connectivity index (χ1n) is 9.86. The number of benzene rings is 3. The summed E-state index contributed by atoms with van der Waals surface area (Å²) in [6.45, 7) is 0.548. The third kappa shape index (κ3) is 5.58. The molecule has 0 unspecified atom stereocenters. The number of hydrogen-bond acceptors (Lipinski definition) is 5. The van der Waals surface area contributed by atoms with Gasteiger partial charge in [-0.05, 0) is 35.4 Å². The van der Waals surface area contributed by atoms with Crippen LogP contribution in [0.4, 0.5) is 5.69 Å². The molecule has 0 saturated carbocycles. The highest BCUT2D eigenvalue weighted by atomic mass is 32.2. The second-order valence-electron chi connectivity index (χ2n) is 6.94. The fourth-order valence-electron chi connectivity index (χ4n) is 3.14. The van der Waals surface area contributed by atoms with Gasteiger partial charge in [-0.1, -0.05) is 48.5 Å². The Kier molecular flexibility index (Phi) is 6.74. The summed E-state index contributed by atoms with van der Waals surface area (Å²) in [5, 5.41) is 5.75. The molecular weight excluding hydrogens is 412 g/mol. The van der Waals surface area contributed by atoms with Crippen LogP contribution in [0.25, 0.3) is 0 Å². The highest BCUT2D eigenvalue weighted by molar-refractivity contribution is 7.99. The monoisotopic (exact) mass is 434 g/mol. The van der Waals surface area contributed by atoms with Gasteiger partial charge in [0.25, 0.3) is 5.91 Å². The number of nitrogens with one attached hydrogen (secondary N) is 2. The van der Waals surface area contributed by atoms with Gasteiger partial charge in [0.15, 0.2) is 11.5 Å². The van der Waals surface area contributed by atoms with Gasteiger partial charge in [-0.2, -0.15) is 0 Å². The van der Waals surface area contributed by atoms with E-state index in [1.807, 2.05) is 48.5 Å². The maximum absolute atomic E-state index is 12.7. The van der Waals surface area contributed by atoms with E-state index in [4.69, 9.17) is 9.47 Å². The van der Waals surface area contributed by atoms with Crippen molar-refractivity contribution >= 4 is 29.3 Å². The lowest BCUT2D eigenvalue weighted by atomic mass is 10.1. The average molecular weight is 435 g/mol. The number of amides is 2. The van der Waals surface area contributed by atoms with Crippen molar-refractivity contribution in [2.45, 2.75) is 12.3 Å². The standard InChI is InChI=1S/C24H22N2O4S/c27-23(15-31-14-17-6-2-1-3-7-17)26-20-9-5-4-8-19(20)24(28)25-13-18-10-11-21-22(12-18)30-16-29-21/h1-12H,13-16H2,(H,25,28)(H,26,27). The molecule has 0 bridgehead atoms. The minimum absolute atomic E-state index is 0.142. The molecular formula is C24H22N2O4S. The van der Waals surface area contributed by atoms with E-state index in [2.05, 4.69) is 10.6 Å². The molecule has 3 aromatic carbocycles. The molecule has 4 rings (SSSR count). The van der Waals surface area contributed by atoms with E-state index in [0.29, 0.717) is 35.0 Å². The van der Waals surface area contributed by atoms with Crippen molar-refractivity contribution in [3.05, 3.63) is 89.5 Å². The van der Waals surface area contributed by atoms with Gasteiger partial charge in [0, 0.05) is 12.3 Å². The van der Waals surface area contributed by atoms with Gasteiger partial charge in [-0.15, -0.1) is 11.8 Å². The summed E-state index contributed by atoms with van der Waals surface area (Å²) in [5.41, 5.74) is 2.99. The first-order valence-corrected chi connectivity index (χ1v) is 11.0. The lowest BCUT2D eigenvalue weighted by Crippen LogP contribution is -2.25. The minimum Gasteiger partial charge on any atom is -0.454 e. The number of carbonyl (C=O) groups is 2. The Morgan fingerprint density at radius 1 is 0.871 bits per heavy atom. The molecule has 0 aromatic heterocycles. The van der Waals surface area contributed by atoms with Gasteiger partial charge in [0.1, 0.15) is 0 Å². The Morgan fingerprint density at radius 3 is 2.52 bits per heavy atom. The Labute approximate surface area is 185 Å². The van der Waals surface area contributed by atoms with Gasteiger partial charge in [0.2, 0.25) is 12.7 Å². The average Bonchev–Trinajstić information content (AvgIpc) is 3.26. The quantitative estimate of drug-likeness (QED) is 0.555. The summed E-state index contributed by atoms with van der Waals surface area (Å²) in [6.07, 6.45) is 0. The van der Waals surface area contributed by atoms with Gasteiger partial charge in [-0.3, -0.25) is 9.59 Å². The first-order chi connectivity index (χ1) is 15.2. The van der Waals surface area contributed by atoms with Gasteiger partial charge >= 0.3 is 0 Å². The predicted molar refractivity (Wildman–Crippen MR) is 121 cm³/mol. The van der Waals surface area contributed by atoms with Crippen LogP contribution >= 0.6 is 11.8 Å². The van der Waals surface area contributed by atoms with Crippen LogP contribution in [0.15, 0.2) is 72.8 Å². The molecule has 1 heterocycles. The van der Waals surface area contributed by atoms with Crippen molar-refractivity contribution in [1.29, 1.82) is 0 Å². The highest BCUT2D eigenvalue weighted by Crippen LogP contribution is 2.32. The molecule has 1 aliphatic rings. The highest BCUT2D eigenvalue weighted by Gasteiger charge is 2.15. The summed E-state index contributed by atoms with van der Waals surface area (Å²) in [4.78, 5) is 25.1. The third-order valence-corrected chi connectivity index (χ3v) is 5.68. The van der Waals surface area contributed by atoms with Gasteiger partial charge < -0.3 is 20.1 Å². The largest absolute Gasteiger partial charge is 0.454 e. The van der Waals surface area contributed by atoms with Crippen LogP contribution < -0.4 is 20.1 Å². The molecule has 0 fully saturated rings. The SMILES string of the molecule is O=C(CSCc1ccccc1)Nc1ccccc1C(=O)NCc1ccc2c(c1)OCO2. The van der Waals surface area contributed by atoms with E-state index in [0.717, 1.165) is 11.3 Å². The van der Waals surface area contributed by atoms with Crippen molar-refractivity contribution in [2.75, 3.05) is 17.9 Å². The van der Waals surface area contributed by atoms with Crippen molar-refractivity contribution in [3.63, 3.8) is 0 Å². The first kappa shape index (κ1) is 20.8. The summed E-state index contributed by atoms with van der Waals surface area (Å²) in [5.74, 6) is 2.04. The van der Waals surface area contributed by atoms with Crippen LogP contribution in [-0.2, 0) is 17.1 Å². The third-order valence-electron chi connectivity index (χ3n) is 4.68. The number of para-hydroxylation sites is 1. The van der Waals surface area contributed by atoms with E-state index in [1.165, 1.54) is 17.3 Å². The summed E-state index contributed by atoms with van der Waals surface area (Å²) in [6, 6.07) is 22.5. The zero-order chi connectivity index (χ0) is 21.5. The molecule has 0 aliphatic carbocycles. The molecule has 6 nitrogen and oxygen atoms in total. The number of fused-ring (bicyclic) bond motifs is 1.